The summed E-state index contributed by atoms with van der Waals surface area (Å²) >= 11 is 0. The standard InChI is InChI=1S/C24H44N2O8/c1-11-24(10,18(28)32-15-13-26-20(30)34-22(5,6)7)16-23(8,9)17(27)31-14-12-25-19(29)33-21(2,3)4/h11-16H2,1-10H3,(H,25,29)(H,26,30). The molecule has 1 atom stereocenters. The zero-order valence-electron chi connectivity index (χ0n) is 22.5. The molecule has 2 N–H and O–H groups in total. The molecule has 0 fully saturated rings. The van der Waals surface area contributed by atoms with Crippen LogP contribution in [-0.4, -0.2) is 61.6 Å². The quantitative estimate of drug-likeness (QED) is 0.254. The van der Waals surface area contributed by atoms with E-state index in [4.69, 9.17) is 18.9 Å². The van der Waals surface area contributed by atoms with E-state index in [1.807, 2.05) is 6.92 Å². The molecule has 0 aliphatic heterocycles. The molecule has 2 amide bonds. The average Bonchev–Trinajstić information content (AvgIpc) is 2.64. The first-order valence-corrected chi connectivity index (χ1v) is 11.6. The van der Waals surface area contributed by atoms with Crippen molar-refractivity contribution < 1.29 is 38.1 Å². The highest BCUT2D eigenvalue weighted by Crippen LogP contribution is 2.38. The highest BCUT2D eigenvalue weighted by atomic mass is 16.6. The molecule has 0 heterocycles. The Labute approximate surface area is 203 Å². The van der Waals surface area contributed by atoms with Gasteiger partial charge in [0.1, 0.15) is 24.4 Å². The maximum atomic E-state index is 12.7. The third-order valence-corrected chi connectivity index (χ3v) is 4.66. The third kappa shape index (κ3) is 13.3. The summed E-state index contributed by atoms with van der Waals surface area (Å²) in [7, 11) is 0. The van der Waals surface area contributed by atoms with Gasteiger partial charge in [-0.05, 0) is 75.2 Å². The SMILES string of the molecule is CCC(C)(CC(C)(C)C(=O)OCCNC(=O)OC(C)(C)C)C(=O)OCCNC(=O)OC(C)(C)C. The van der Waals surface area contributed by atoms with Crippen LogP contribution in [0.15, 0.2) is 0 Å². The van der Waals surface area contributed by atoms with E-state index < -0.39 is 46.2 Å². The van der Waals surface area contributed by atoms with Crippen molar-refractivity contribution >= 4 is 24.1 Å². The predicted octanol–water partition coefficient (Wildman–Crippen LogP) is 3.95. The molecule has 0 aliphatic rings. The van der Waals surface area contributed by atoms with E-state index in [9.17, 15) is 19.2 Å². The van der Waals surface area contributed by atoms with Crippen LogP contribution in [0.2, 0.25) is 0 Å². The largest absolute Gasteiger partial charge is 0.463 e. The number of hydrogen-bond donors (Lipinski definition) is 2. The summed E-state index contributed by atoms with van der Waals surface area (Å²) in [6.45, 7) is 17.7. The van der Waals surface area contributed by atoms with Gasteiger partial charge >= 0.3 is 24.1 Å². The predicted molar refractivity (Wildman–Crippen MR) is 127 cm³/mol. The fourth-order valence-electron chi connectivity index (χ4n) is 2.98. The van der Waals surface area contributed by atoms with Gasteiger partial charge in [-0.3, -0.25) is 9.59 Å². The van der Waals surface area contributed by atoms with Crippen LogP contribution in [0.25, 0.3) is 0 Å². The van der Waals surface area contributed by atoms with Gasteiger partial charge in [0.25, 0.3) is 0 Å². The Morgan fingerprint density at radius 3 is 1.38 bits per heavy atom. The van der Waals surface area contributed by atoms with Crippen LogP contribution in [0.3, 0.4) is 0 Å². The Morgan fingerprint density at radius 2 is 1.03 bits per heavy atom. The normalized spacial score (nSPS) is 13.8. The summed E-state index contributed by atoms with van der Waals surface area (Å²) in [6.07, 6.45) is -0.535. The Balaban J connectivity index is 4.62. The smallest absolute Gasteiger partial charge is 0.407 e. The number of carbonyl (C=O) groups is 4. The van der Waals surface area contributed by atoms with E-state index in [0.29, 0.717) is 6.42 Å². The number of amides is 2. The lowest BCUT2D eigenvalue weighted by Crippen LogP contribution is -2.40. The lowest BCUT2D eigenvalue weighted by molar-refractivity contribution is -0.163. The number of nitrogens with one attached hydrogen (secondary N) is 2. The van der Waals surface area contributed by atoms with E-state index >= 15 is 0 Å². The number of hydrogen-bond acceptors (Lipinski definition) is 8. The molecule has 0 bridgehead atoms. The second-order valence-corrected chi connectivity index (χ2v) is 11.1. The molecule has 10 nitrogen and oxygen atoms in total. The van der Waals surface area contributed by atoms with Crippen molar-refractivity contribution in [2.24, 2.45) is 10.8 Å². The summed E-state index contributed by atoms with van der Waals surface area (Å²) in [4.78, 5) is 48.7. The molecule has 0 aromatic rings. The van der Waals surface area contributed by atoms with Gasteiger partial charge in [-0.1, -0.05) is 6.92 Å². The zero-order chi connectivity index (χ0) is 26.8. The van der Waals surface area contributed by atoms with Crippen molar-refractivity contribution in [2.75, 3.05) is 26.3 Å². The molecule has 0 radical (unpaired) electrons. The lowest BCUT2D eigenvalue weighted by Gasteiger charge is -2.33. The summed E-state index contributed by atoms with van der Waals surface area (Å²) in [5.41, 5.74) is -3.13. The van der Waals surface area contributed by atoms with E-state index in [2.05, 4.69) is 10.6 Å². The first-order valence-electron chi connectivity index (χ1n) is 11.6. The maximum absolute atomic E-state index is 12.7. The second-order valence-electron chi connectivity index (χ2n) is 11.1. The van der Waals surface area contributed by atoms with E-state index in [1.54, 1.807) is 62.3 Å². The molecule has 0 rings (SSSR count). The van der Waals surface area contributed by atoms with Crippen LogP contribution in [0.5, 0.6) is 0 Å². The molecule has 0 saturated carbocycles. The first-order chi connectivity index (χ1) is 15.3. The summed E-state index contributed by atoms with van der Waals surface area (Å²) in [6, 6.07) is 0. The number of alkyl carbamates (subject to hydrolysis) is 2. The summed E-state index contributed by atoms with van der Waals surface area (Å²) < 4.78 is 20.9. The maximum Gasteiger partial charge on any atom is 0.407 e. The van der Waals surface area contributed by atoms with Gasteiger partial charge < -0.3 is 29.6 Å². The van der Waals surface area contributed by atoms with Crippen molar-refractivity contribution in [1.82, 2.24) is 10.6 Å². The molecular weight excluding hydrogens is 444 g/mol. The minimum Gasteiger partial charge on any atom is -0.463 e. The molecule has 0 aromatic carbocycles. The molecule has 10 heteroatoms. The lowest BCUT2D eigenvalue weighted by atomic mass is 9.72. The minimum atomic E-state index is -0.968. The Bertz CT molecular complexity index is 707. The van der Waals surface area contributed by atoms with Gasteiger partial charge in [-0.15, -0.1) is 0 Å². The van der Waals surface area contributed by atoms with E-state index in [-0.39, 0.29) is 32.7 Å². The number of ether oxygens (including phenoxy) is 4. The fourth-order valence-corrected chi connectivity index (χ4v) is 2.98. The second kappa shape index (κ2) is 12.8. The topological polar surface area (TPSA) is 129 Å². The van der Waals surface area contributed by atoms with Crippen LogP contribution >= 0.6 is 0 Å². The van der Waals surface area contributed by atoms with Crippen molar-refractivity contribution in [3.05, 3.63) is 0 Å². The van der Waals surface area contributed by atoms with Crippen LogP contribution in [0, 0.1) is 10.8 Å². The molecule has 34 heavy (non-hydrogen) atoms. The molecule has 0 saturated heterocycles. The van der Waals surface area contributed by atoms with Crippen molar-refractivity contribution in [1.29, 1.82) is 0 Å². The van der Waals surface area contributed by atoms with Gasteiger partial charge in [0.2, 0.25) is 0 Å². The van der Waals surface area contributed by atoms with Gasteiger partial charge in [0.15, 0.2) is 0 Å². The zero-order valence-corrected chi connectivity index (χ0v) is 22.5. The molecule has 198 valence electrons. The molecule has 0 aliphatic carbocycles. The Hall–Kier alpha value is -2.52. The molecular formula is C24H44N2O8. The Kier molecular flexibility index (Phi) is 11.9. The molecule has 1 unspecified atom stereocenters. The minimum absolute atomic E-state index is 0.0190. The molecule has 0 spiro atoms. The van der Waals surface area contributed by atoms with E-state index in [1.165, 1.54) is 0 Å². The van der Waals surface area contributed by atoms with Crippen LogP contribution in [-0.2, 0) is 28.5 Å². The highest BCUT2D eigenvalue weighted by molar-refractivity contribution is 5.80. The van der Waals surface area contributed by atoms with Crippen LogP contribution < -0.4 is 10.6 Å². The summed E-state index contributed by atoms with van der Waals surface area (Å²) in [5.74, 6) is -0.953. The average molecular weight is 489 g/mol. The highest BCUT2D eigenvalue weighted by Gasteiger charge is 2.43. The van der Waals surface area contributed by atoms with Crippen molar-refractivity contribution in [3.63, 3.8) is 0 Å². The number of esters is 2. The first kappa shape index (κ1) is 31.5. The van der Waals surface area contributed by atoms with Gasteiger partial charge in [-0.25, -0.2) is 9.59 Å². The van der Waals surface area contributed by atoms with Crippen LogP contribution in [0.1, 0.15) is 82.1 Å². The van der Waals surface area contributed by atoms with Crippen molar-refractivity contribution in [2.45, 2.75) is 93.3 Å². The van der Waals surface area contributed by atoms with Crippen molar-refractivity contribution in [3.8, 4) is 0 Å². The fraction of sp³-hybridized carbons (Fsp3) is 0.833. The van der Waals surface area contributed by atoms with E-state index in [0.717, 1.165) is 0 Å². The van der Waals surface area contributed by atoms with Gasteiger partial charge in [-0.2, -0.15) is 0 Å². The molecule has 0 aromatic heterocycles. The van der Waals surface area contributed by atoms with Gasteiger partial charge in [0.05, 0.1) is 23.9 Å². The number of carbonyl (C=O) groups excluding carboxylic acids is 4. The van der Waals surface area contributed by atoms with Gasteiger partial charge in [0, 0.05) is 0 Å². The number of rotatable bonds is 11. The Morgan fingerprint density at radius 1 is 0.647 bits per heavy atom. The third-order valence-electron chi connectivity index (χ3n) is 4.66. The van der Waals surface area contributed by atoms with Crippen LogP contribution in [0.4, 0.5) is 9.59 Å². The monoisotopic (exact) mass is 488 g/mol. The summed E-state index contributed by atoms with van der Waals surface area (Å²) in [5, 5.41) is 5.05.